The van der Waals surface area contributed by atoms with E-state index in [0.29, 0.717) is 12.5 Å². The topological polar surface area (TPSA) is 32.3 Å². The van der Waals surface area contributed by atoms with E-state index >= 15 is 0 Å². The quantitative estimate of drug-likeness (QED) is 0.842. The Morgan fingerprint density at radius 1 is 0.952 bits per heavy atom. The molecule has 1 unspecified atom stereocenters. The van der Waals surface area contributed by atoms with Crippen LogP contribution in [0.2, 0.25) is 0 Å². The van der Waals surface area contributed by atoms with Crippen LogP contribution in [0, 0.1) is 13.8 Å². The van der Waals surface area contributed by atoms with Crippen LogP contribution in [0.1, 0.15) is 48.1 Å². The van der Waals surface area contributed by atoms with Gasteiger partial charge in [-0.15, -0.1) is 0 Å². The van der Waals surface area contributed by atoms with Crippen molar-refractivity contribution >= 4 is 5.69 Å². The van der Waals surface area contributed by atoms with Gasteiger partial charge >= 0.3 is 0 Å². The fourth-order valence-corrected chi connectivity index (χ4v) is 2.35. The van der Waals surface area contributed by atoms with E-state index in [0.717, 1.165) is 11.3 Å². The van der Waals surface area contributed by atoms with E-state index in [9.17, 15) is 5.11 Å². The molecule has 0 heterocycles. The molecule has 0 aliphatic carbocycles. The lowest BCUT2D eigenvalue weighted by molar-refractivity contribution is 0.191. The highest BCUT2D eigenvalue weighted by Crippen LogP contribution is 2.21. The van der Waals surface area contributed by atoms with Gasteiger partial charge in [0.05, 0.1) is 6.10 Å². The summed E-state index contributed by atoms with van der Waals surface area (Å²) in [5.41, 5.74) is 5.76. The molecule has 2 aromatic carbocycles. The zero-order valence-electron chi connectivity index (χ0n) is 13.4. The van der Waals surface area contributed by atoms with Gasteiger partial charge in [0.15, 0.2) is 0 Å². The summed E-state index contributed by atoms with van der Waals surface area (Å²) in [4.78, 5) is 0. The SMILES string of the molecule is Cc1ccc(C)c(NCC(O)c2ccc(C(C)C)cc2)c1. The van der Waals surface area contributed by atoms with Crippen LogP contribution in [0.15, 0.2) is 42.5 Å². The second kappa shape index (κ2) is 6.77. The molecular weight excluding hydrogens is 258 g/mol. The van der Waals surface area contributed by atoms with E-state index in [1.165, 1.54) is 16.7 Å². The maximum absolute atomic E-state index is 10.3. The maximum Gasteiger partial charge on any atom is 0.0962 e. The molecule has 2 heteroatoms. The number of aliphatic hydroxyl groups excluding tert-OH is 1. The molecular formula is C19H25NO. The zero-order chi connectivity index (χ0) is 15.4. The van der Waals surface area contributed by atoms with Crippen molar-refractivity contribution in [1.29, 1.82) is 0 Å². The molecule has 0 aliphatic rings. The van der Waals surface area contributed by atoms with Crippen LogP contribution < -0.4 is 5.32 Å². The predicted octanol–water partition coefficient (Wildman–Crippen LogP) is 4.57. The second-order valence-corrected chi connectivity index (χ2v) is 6.04. The summed E-state index contributed by atoms with van der Waals surface area (Å²) in [6.45, 7) is 9.02. The van der Waals surface area contributed by atoms with Gasteiger partial charge < -0.3 is 10.4 Å². The molecule has 0 fully saturated rings. The summed E-state index contributed by atoms with van der Waals surface area (Å²) in [5, 5.41) is 13.6. The maximum atomic E-state index is 10.3. The van der Waals surface area contributed by atoms with E-state index < -0.39 is 6.10 Å². The van der Waals surface area contributed by atoms with Gasteiger partial charge in [-0.1, -0.05) is 50.2 Å². The Hall–Kier alpha value is -1.80. The molecule has 2 N–H and O–H groups in total. The number of anilines is 1. The number of hydrogen-bond donors (Lipinski definition) is 2. The van der Waals surface area contributed by atoms with Gasteiger partial charge in [-0.2, -0.15) is 0 Å². The summed E-state index contributed by atoms with van der Waals surface area (Å²) >= 11 is 0. The minimum absolute atomic E-state index is 0.494. The molecule has 0 aliphatic heterocycles. The summed E-state index contributed by atoms with van der Waals surface area (Å²) in [6, 6.07) is 14.5. The predicted molar refractivity (Wildman–Crippen MR) is 89.9 cm³/mol. The average molecular weight is 283 g/mol. The zero-order valence-corrected chi connectivity index (χ0v) is 13.4. The van der Waals surface area contributed by atoms with Crippen LogP contribution >= 0.6 is 0 Å². The van der Waals surface area contributed by atoms with Gasteiger partial charge in [0.25, 0.3) is 0 Å². The number of aliphatic hydroxyl groups is 1. The van der Waals surface area contributed by atoms with Gasteiger partial charge in [0.2, 0.25) is 0 Å². The summed E-state index contributed by atoms with van der Waals surface area (Å²) in [5.74, 6) is 0.518. The van der Waals surface area contributed by atoms with Crippen LogP contribution in [0.5, 0.6) is 0 Å². The summed E-state index contributed by atoms with van der Waals surface area (Å²) in [7, 11) is 0. The van der Waals surface area contributed by atoms with Crippen molar-refractivity contribution in [2.24, 2.45) is 0 Å². The van der Waals surface area contributed by atoms with Crippen LogP contribution in [0.25, 0.3) is 0 Å². The van der Waals surface area contributed by atoms with E-state index in [4.69, 9.17) is 0 Å². The Morgan fingerprint density at radius 3 is 2.19 bits per heavy atom. The smallest absolute Gasteiger partial charge is 0.0962 e. The highest BCUT2D eigenvalue weighted by atomic mass is 16.3. The molecule has 112 valence electrons. The van der Waals surface area contributed by atoms with Crippen molar-refractivity contribution in [1.82, 2.24) is 0 Å². The standard InChI is InChI=1S/C19H25NO/c1-13(2)16-7-9-17(10-8-16)19(21)12-20-18-11-14(3)5-6-15(18)4/h5-11,13,19-21H,12H2,1-4H3. The van der Waals surface area contributed by atoms with Gasteiger partial charge in [0.1, 0.15) is 0 Å². The van der Waals surface area contributed by atoms with Crippen molar-refractivity contribution < 1.29 is 5.11 Å². The van der Waals surface area contributed by atoms with Gasteiger partial charge in [-0.3, -0.25) is 0 Å². The Labute approximate surface area is 127 Å². The van der Waals surface area contributed by atoms with Crippen molar-refractivity contribution in [2.75, 3.05) is 11.9 Å². The number of rotatable bonds is 5. The molecule has 0 amide bonds. The third-order valence-corrected chi connectivity index (χ3v) is 3.87. The van der Waals surface area contributed by atoms with Gasteiger partial charge in [0, 0.05) is 12.2 Å². The second-order valence-electron chi connectivity index (χ2n) is 6.04. The molecule has 2 nitrogen and oxygen atoms in total. The number of hydrogen-bond acceptors (Lipinski definition) is 2. The Bertz CT molecular complexity index is 587. The van der Waals surface area contributed by atoms with Crippen LogP contribution in [-0.4, -0.2) is 11.7 Å². The highest BCUT2D eigenvalue weighted by molar-refractivity contribution is 5.52. The molecule has 21 heavy (non-hydrogen) atoms. The monoisotopic (exact) mass is 283 g/mol. The van der Waals surface area contributed by atoms with Crippen molar-refractivity contribution in [3.8, 4) is 0 Å². The fraction of sp³-hybridized carbons (Fsp3) is 0.368. The number of aryl methyl sites for hydroxylation is 2. The molecule has 0 aromatic heterocycles. The molecule has 2 rings (SSSR count). The molecule has 1 atom stereocenters. The van der Waals surface area contributed by atoms with Crippen molar-refractivity contribution in [3.05, 3.63) is 64.7 Å². The van der Waals surface area contributed by atoms with E-state index in [1.54, 1.807) is 0 Å². The molecule has 0 saturated carbocycles. The third kappa shape index (κ3) is 4.08. The first-order valence-corrected chi connectivity index (χ1v) is 7.56. The van der Waals surface area contributed by atoms with E-state index in [2.05, 4.69) is 63.3 Å². The molecule has 0 bridgehead atoms. The van der Waals surface area contributed by atoms with Gasteiger partial charge in [-0.05, 0) is 48.1 Å². The van der Waals surface area contributed by atoms with E-state index in [-0.39, 0.29) is 0 Å². The first-order chi connectivity index (χ1) is 9.97. The van der Waals surface area contributed by atoms with Gasteiger partial charge in [-0.25, -0.2) is 0 Å². The Balaban J connectivity index is 2.01. The third-order valence-electron chi connectivity index (χ3n) is 3.87. The Morgan fingerprint density at radius 2 is 1.57 bits per heavy atom. The average Bonchev–Trinajstić information content (AvgIpc) is 2.48. The lowest BCUT2D eigenvalue weighted by Gasteiger charge is -2.16. The number of benzene rings is 2. The number of nitrogens with one attached hydrogen (secondary N) is 1. The van der Waals surface area contributed by atoms with Crippen LogP contribution in [0.4, 0.5) is 5.69 Å². The first-order valence-electron chi connectivity index (χ1n) is 7.56. The lowest BCUT2D eigenvalue weighted by Crippen LogP contribution is -2.13. The Kier molecular flexibility index (Phi) is 5.03. The minimum Gasteiger partial charge on any atom is -0.387 e. The summed E-state index contributed by atoms with van der Waals surface area (Å²) in [6.07, 6.45) is -0.494. The molecule has 0 spiro atoms. The lowest BCUT2D eigenvalue weighted by atomic mass is 10.00. The van der Waals surface area contributed by atoms with Crippen LogP contribution in [0.3, 0.4) is 0 Å². The minimum atomic E-state index is -0.494. The van der Waals surface area contributed by atoms with Crippen LogP contribution in [-0.2, 0) is 0 Å². The summed E-state index contributed by atoms with van der Waals surface area (Å²) < 4.78 is 0. The van der Waals surface area contributed by atoms with Crippen molar-refractivity contribution in [2.45, 2.75) is 39.7 Å². The largest absolute Gasteiger partial charge is 0.387 e. The highest BCUT2D eigenvalue weighted by Gasteiger charge is 2.09. The fourth-order valence-electron chi connectivity index (χ4n) is 2.35. The first kappa shape index (κ1) is 15.6. The molecule has 0 saturated heterocycles. The normalized spacial score (nSPS) is 12.5. The van der Waals surface area contributed by atoms with E-state index in [1.807, 2.05) is 12.1 Å². The molecule has 0 radical (unpaired) electrons. The molecule has 2 aromatic rings. The van der Waals surface area contributed by atoms with Crippen molar-refractivity contribution in [3.63, 3.8) is 0 Å².